The van der Waals surface area contributed by atoms with Crippen LogP contribution in [0.25, 0.3) is 0 Å². The molecular formula is C12H16O3. The molecule has 0 aromatic heterocycles. The van der Waals surface area contributed by atoms with Crippen molar-refractivity contribution in [3.63, 3.8) is 0 Å². The Kier molecular flexibility index (Phi) is 2.21. The smallest absolute Gasteiger partial charge is 0.312 e. The molecule has 0 aromatic carbocycles. The molecule has 0 N–H and O–H groups in total. The van der Waals surface area contributed by atoms with Gasteiger partial charge in [0, 0.05) is 12.3 Å². The first kappa shape index (κ1) is 10.4. The first-order valence-corrected chi connectivity index (χ1v) is 5.36. The fraction of sp³-hybridized carbons (Fsp3) is 0.667. The van der Waals surface area contributed by atoms with Crippen LogP contribution in [0.5, 0.6) is 0 Å². The lowest BCUT2D eigenvalue weighted by molar-refractivity contribution is -0.149. The van der Waals surface area contributed by atoms with E-state index in [1.807, 2.05) is 13.8 Å². The van der Waals surface area contributed by atoms with Crippen LogP contribution in [0.15, 0.2) is 12.7 Å². The lowest BCUT2D eigenvalue weighted by atomic mass is 9.63. The number of esters is 1. The summed E-state index contributed by atoms with van der Waals surface area (Å²) in [7, 11) is 0. The number of Topliss-reactive ketones (excluding diaryl/α,β-unsaturated/α-hetero) is 1. The van der Waals surface area contributed by atoms with Crippen molar-refractivity contribution in [1.82, 2.24) is 0 Å². The van der Waals surface area contributed by atoms with Crippen LogP contribution in [0.1, 0.15) is 26.7 Å². The van der Waals surface area contributed by atoms with Crippen molar-refractivity contribution >= 4 is 11.8 Å². The molecule has 1 saturated heterocycles. The van der Waals surface area contributed by atoms with Gasteiger partial charge in [0.05, 0.1) is 11.3 Å². The quantitative estimate of drug-likeness (QED) is 0.512. The maximum atomic E-state index is 12.0. The van der Waals surface area contributed by atoms with E-state index in [0.717, 1.165) is 0 Å². The Morgan fingerprint density at radius 3 is 2.87 bits per heavy atom. The van der Waals surface area contributed by atoms with Crippen molar-refractivity contribution in [3.05, 3.63) is 12.7 Å². The number of hydrogen-bond acceptors (Lipinski definition) is 3. The van der Waals surface area contributed by atoms with Crippen LogP contribution >= 0.6 is 0 Å². The fourth-order valence-corrected chi connectivity index (χ4v) is 2.74. The van der Waals surface area contributed by atoms with E-state index in [0.29, 0.717) is 12.8 Å². The van der Waals surface area contributed by atoms with E-state index in [1.165, 1.54) is 0 Å². The molecule has 2 fully saturated rings. The van der Waals surface area contributed by atoms with Gasteiger partial charge in [0.2, 0.25) is 0 Å². The van der Waals surface area contributed by atoms with Crippen LogP contribution in [0, 0.1) is 17.3 Å². The molecule has 0 amide bonds. The standard InChI is InChI=1S/C12H16O3/c1-4-5-8-10(13)7(2)9-6-12(8,3)11(14)15-9/h4,7-9H,1,5-6H2,2-3H3/t7-,8?,9+,12-/m0/s1. The molecule has 2 bridgehead atoms. The van der Waals surface area contributed by atoms with Gasteiger partial charge in [-0.3, -0.25) is 9.59 Å². The molecule has 0 radical (unpaired) electrons. The third-order valence-electron chi connectivity index (χ3n) is 3.87. The maximum absolute atomic E-state index is 12.0. The largest absolute Gasteiger partial charge is 0.461 e. The maximum Gasteiger partial charge on any atom is 0.312 e. The van der Waals surface area contributed by atoms with Crippen molar-refractivity contribution < 1.29 is 14.3 Å². The molecule has 1 heterocycles. The normalized spacial score (nSPS) is 44.0. The van der Waals surface area contributed by atoms with Gasteiger partial charge in [-0.05, 0) is 13.3 Å². The van der Waals surface area contributed by atoms with Crippen molar-refractivity contribution in [3.8, 4) is 0 Å². The van der Waals surface area contributed by atoms with Crippen molar-refractivity contribution in [2.24, 2.45) is 17.3 Å². The van der Waals surface area contributed by atoms with Crippen LogP contribution in [-0.2, 0) is 14.3 Å². The van der Waals surface area contributed by atoms with E-state index < -0.39 is 5.41 Å². The minimum Gasteiger partial charge on any atom is -0.461 e. The second-order valence-electron chi connectivity index (χ2n) is 4.83. The predicted molar refractivity (Wildman–Crippen MR) is 55.1 cm³/mol. The summed E-state index contributed by atoms with van der Waals surface area (Å²) in [5.74, 6) is -0.456. The molecule has 82 valence electrons. The Morgan fingerprint density at radius 1 is 1.60 bits per heavy atom. The Labute approximate surface area is 89.5 Å². The number of rotatable bonds is 2. The summed E-state index contributed by atoms with van der Waals surface area (Å²) in [5, 5.41) is 0. The summed E-state index contributed by atoms with van der Waals surface area (Å²) in [6.07, 6.45) is 2.77. The summed E-state index contributed by atoms with van der Waals surface area (Å²) in [6, 6.07) is 0. The van der Waals surface area contributed by atoms with Gasteiger partial charge in [0.25, 0.3) is 0 Å². The SMILES string of the molecule is C=CCC1C(=O)[C@@H](C)[C@H]2C[C@]1(C)C(=O)O2. The van der Waals surface area contributed by atoms with Crippen LogP contribution < -0.4 is 0 Å². The number of carbonyl (C=O) groups excluding carboxylic acids is 2. The number of ether oxygens (including phenoxy) is 1. The zero-order valence-corrected chi connectivity index (χ0v) is 9.16. The van der Waals surface area contributed by atoms with Crippen molar-refractivity contribution in [2.75, 3.05) is 0 Å². The first-order valence-electron chi connectivity index (χ1n) is 5.36. The summed E-state index contributed by atoms with van der Waals surface area (Å²) in [6.45, 7) is 7.34. The molecule has 15 heavy (non-hydrogen) atoms. The third kappa shape index (κ3) is 1.25. The number of fused-ring (bicyclic) bond motifs is 2. The van der Waals surface area contributed by atoms with Gasteiger partial charge in [0.1, 0.15) is 11.9 Å². The molecular weight excluding hydrogens is 192 g/mol. The van der Waals surface area contributed by atoms with E-state index in [4.69, 9.17) is 4.74 Å². The van der Waals surface area contributed by atoms with Crippen LogP contribution in [0.2, 0.25) is 0 Å². The number of ketones is 1. The van der Waals surface area contributed by atoms with Crippen molar-refractivity contribution in [2.45, 2.75) is 32.8 Å². The van der Waals surface area contributed by atoms with Gasteiger partial charge < -0.3 is 4.74 Å². The Hall–Kier alpha value is -1.12. The lowest BCUT2D eigenvalue weighted by Crippen LogP contribution is -2.44. The Bertz CT molecular complexity index is 334. The van der Waals surface area contributed by atoms with Gasteiger partial charge in [-0.2, -0.15) is 0 Å². The molecule has 1 saturated carbocycles. The highest BCUT2D eigenvalue weighted by Crippen LogP contribution is 2.50. The van der Waals surface area contributed by atoms with E-state index in [9.17, 15) is 9.59 Å². The lowest BCUT2D eigenvalue weighted by Gasteiger charge is -2.34. The Morgan fingerprint density at radius 2 is 2.27 bits per heavy atom. The van der Waals surface area contributed by atoms with E-state index in [2.05, 4.69) is 6.58 Å². The highest BCUT2D eigenvalue weighted by molar-refractivity contribution is 5.94. The van der Waals surface area contributed by atoms with E-state index in [1.54, 1.807) is 6.08 Å². The zero-order chi connectivity index (χ0) is 11.2. The van der Waals surface area contributed by atoms with Crippen LogP contribution in [0.3, 0.4) is 0 Å². The van der Waals surface area contributed by atoms with Crippen molar-refractivity contribution in [1.29, 1.82) is 0 Å². The number of hydrogen-bond donors (Lipinski definition) is 0. The molecule has 2 rings (SSSR count). The summed E-state index contributed by atoms with van der Waals surface area (Å²) in [4.78, 5) is 23.8. The molecule has 1 aliphatic carbocycles. The topological polar surface area (TPSA) is 43.4 Å². The van der Waals surface area contributed by atoms with E-state index in [-0.39, 0.29) is 29.7 Å². The molecule has 1 aliphatic heterocycles. The van der Waals surface area contributed by atoms with Crippen LogP contribution in [-0.4, -0.2) is 17.9 Å². The second kappa shape index (κ2) is 3.19. The molecule has 0 spiro atoms. The minimum absolute atomic E-state index is 0.152. The van der Waals surface area contributed by atoms with Crippen LogP contribution in [0.4, 0.5) is 0 Å². The predicted octanol–water partition coefficient (Wildman–Crippen LogP) is 1.72. The molecule has 2 aliphatic rings. The number of allylic oxidation sites excluding steroid dienone is 1. The summed E-state index contributed by atoms with van der Waals surface area (Å²) in [5.41, 5.74) is -0.609. The monoisotopic (exact) mass is 208 g/mol. The van der Waals surface area contributed by atoms with Gasteiger partial charge in [-0.25, -0.2) is 0 Å². The molecule has 3 nitrogen and oxygen atoms in total. The van der Waals surface area contributed by atoms with Gasteiger partial charge >= 0.3 is 5.97 Å². The molecule has 0 aromatic rings. The molecule has 4 atom stereocenters. The highest BCUT2D eigenvalue weighted by atomic mass is 16.6. The van der Waals surface area contributed by atoms with Gasteiger partial charge in [-0.15, -0.1) is 6.58 Å². The highest BCUT2D eigenvalue weighted by Gasteiger charge is 2.59. The summed E-state index contributed by atoms with van der Waals surface area (Å²) < 4.78 is 5.25. The molecule has 1 unspecified atom stereocenters. The number of carbonyl (C=O) groups is 2. The van der Waals surface area contributed by atoms with Gasteiger partial charge in [-0.1, -0.05) is 13.0 Å². The Balaban J connectivity index is 2.38. The zero-order valence-electron chi connectivity index (χ0n) is 9.16. The fourth-order valence-electron chi connectivity index (χ4n) is 2.74. The average molecular weight is 208 g/mol. The second-order valence-corrected chi connectivity index (χ2v) is 4.83. The van der Waals surface area contributed by atoms with Gasteiger partial charge in [0.15, 0.2) is 0 Å². The minimum atomic E-state index is -0.609. The van der Waals surface area contributed by atoms with E-state index >= 15 is 0 Å². The molecule has 3 heteroatoms. The third-order valence-corrected chi connectivity index (χ3v) is 3.87. The first-order chi connectivity index (χ1) is 7.00. The average Bonchev–Trinajstić information content (AvgIpc) is 2.47. The summed E-state index contributed by atoms with van der Waals surface area (Å²) >= 11 is 0.